The number of nitrogens with one attached hydrogen (secondary N) is 3. The smallest absolute Gasteiger partial charge is 0.297 e. The highest BCUT2D eigenvalue weighted by atomic mass is 32.2. The van der Waals surface area contributed by atoms with Crippen LogP contribution in [0.5, 0.6) is 17.2 Å². The van der Waals surface area contributed by atoms with Gasteiger partial charge in [-0.3, -0.25) is 24.7 Å². The third-order valence-electron chi connectivity index (χ3n) is 14.7. The van der Waals surface area contributed by atoms with Gasteiger partial charge in [0.1, 0.15) is 23.8 Å². The summed E-state index contributed by atoms with van der Waals surface area (Å²) in [7, 11) is -4.64. The molecule has 3 aromatic carbocycles. The zero-order chi connectivity index (χ0) is 43.7. The second-order valence-corrected chi connectivity index (χ2v) is 20.3. The van der Waals surface area contributed by atoms with Crippen molar-refractivity contribution in [3.05, 3.63) is 106 Å². The minimum Gasteiger partial charge on any atom is -0.489 e. The average Bonchev–Trinajstić information content (AvgIpc) is 4.12. The van der Waals surface area contributed by atoms with Crippen molar-refractivity contribution in [1.82, 2.24) is 24.5 Å². The molecular formula is C47H52N8O8S. The molecule has 7 heterocycles. The van der Waals surface area contributed by atoms with Crippen LogP contribution in [0.1, 0.15) is 72.5 Å². The van der Waals surface area contributed by atoms with Crippen LogP contribution in [0.4, 0.5) is 17.1 Å². The normalized spacial score (nSPS) is 24.3. The van der Waals surface area contributed by atoms with Crippen LogP contribution in [-0.2, 0) is 14.8 Å². The SMILES string of the molecule is Cc1ccccc1[C@@H]1CCCN1C1CC2(CCN(c3ccc(C(=O)NS(=O)(=O)c4cc5c(c([N+](=O)[O-])c4)N[C@H](CN4C[C@H]6C[C@@H]4CO6)CO5)c(Oc4cnc5[nH]ccc5c4)c3)CC2)C1. The first-order chi connectivity index (χ1) is 31.0. The number of morpholine rings is 1. The van der Waals surface area contributed by atoms with Gasteiger partial charge in [-0.05, 0) is 99.2 Å². The molecule has 1 spiro atoms. The first-order valence-corrected chi connectivity index (χ1v) is 23.9. The minimum absolute atomic E-state index is 0.0221. The summed E-state index contributed by atoms with van der Waals surface area (Å²) in [6.07, 6.45) is 11.4. The summed E-state index contributed by atoms with van der Waals surface area (Å²) < 4.78 is 48.1. The number of hydrogen-bond donors (Lipinski definition) is 3. The van der Waals surface area contributed by atoms with Gasteiger partial charge < -0.3 is 29.4 Å². The van der Waals surface area contributed by atoms with Crippen molar-refractivity contribution in [2.24, 2.45) is 5.41 Å². The van der Waals surface area contributed by atoms with E-state index in [1.807, 2.05) is 12.1 Å². The van der Waals surface area contributed by atoms with Crippen molar-refractivity contribution in [1.29, 1.82) is 0 Å². The highest BCUT2D eigenvalue weighted by Gasteiger charge is 2.50. The molecule has 5 fully saturated rings. The maximum atomic E-state index is 14.1. The Morgan fingerprint density at radius 2 is 1.89 bits per heavy atom. The van der Waals surface area contributed by atoms with E-state index in [2.05, 4.69) is 65.9 Å². The molecule has 334 valence electrons. The highest BCUT2D eigenvalue weighted by Crippen LogP contribution is 2.54. The van der Waals surface area contributed by atoms with Crippen molar-refractivity contribution in [3.63, 3.8) is 0 Å². The number of hydrogen-bond acceptors (Lipinski definition) is 13. The number of carbonyl (C=O) groups excluding carboxylic acids is 1. The fourth-order valence-corrected chi connectivity index (χ4v) is 12.3. The lowest BCUT2D eigenvalue weighted by Gasteiger charge is -2.56. The number of aryl methyl sites for hydroxylation is 1. The van der Waals surface area contributed by atoms with E-state index < -0.39 is 31.4 Å². The van der Waals surface area contributed by atoms with Crippen LogP contribution in [-0.4, -0.2) is 109 Å². The summed E-state index contributed by atoms with van der Waals surface area (Å²) in [6.45, 7) is 7.29. The number of H-pyrrole nitrogens is 1. The van der Waals surface area contributed by atoms with E-state index in [1.54, 1.807) is 30.6 Å². The van der Waals surface area contributed by atoms with Crippen LogP contribution in [0.3, 0.4) is 0 Å². The average molecular weight is 889 g/mol. The summed E-state index contributed by atoms with van der Waals surface area (Å²) in [4.78, 5) is 40.2. The van der Waals surface area contributed by atoms with Crippen molar-refractivity contribution < 1.29 is 32.3 Å². The maximum absolute atomic E-state index is 14.1. The Bertz CT molecular complexity index is 2750. The molecule has 64 heavy (non-hydrogen) atoms. The monoisotopic (exact) mass is 888 g/mol. The lowest BCUT2D eigenvalue weighted by molar-refractivity contribution is -0.384. The van der Waals surface area contributed by atoms with Gasteiger partial charge in [0, 0.05) is 79.8 Å². The summed E-state index contributed by atoms with van der Waals surface area (Å²) in [5.74, 6) is -0.419. The number of aromatic nitrogens is 2. The van der Waals surface area contributed by atoms with Gasteiger partial charge in [-0.15, -0.1) is 0 Å². The third kappa shape index (κ3) is 7.61. The fraction of sp³-hybridized carbons (Fsp3) is 0.447. The number of rotatable bonds is 11. The number of piperidine rings is 1. The lowest BCUT2D eigenvalue weighted by Crippen LogP contribution is -2.54. The number of anilines is 2. The number of benzene rings is 3. The van der Waals surface area contributed by atoms with E-state index in [4.69, 9.17) is 14.2 Å². The fourth-order valence-electron chi connectivity index (χ4n) is 11.3. The highest BCUT2D eigenvalue weighted by molar-refractivity contribution is 7.90. The number of pyridine rings is 1. The van der Waals surface area contributed by atoms with Crippen LogP contribution < -0.4 is 24.4 Å². The molecule has 5 aliphatic heterocycles. The summed E-state index contributed by atoms with van der Waals surface area (Å²) in [6, 6.07) is 20.9. The lowest BCUT2D eigenvalue weighted by atomic mass is 9.59. The van der Waals surface area contributed by atoms with Gasteiger partial charge >= 0.3 is 0 Å². The molecule has 3 N–H and O–H groups in total. The van der Waals surface area contributed by atoms with Crippen molar-refractivity contribution >= 4 is 44.0 Å². The minimum atomic E-state index is -4.64. The number of nitro benzene ring substituents is 1. The number of nitrogens with zero attached hydrogens (tertiary/aromatic N) is 5. The summed E-state index contributed by atoms with van der Waals surface area (Å²) in [5.41, 5.74) is 4.28. The number of nitro groups is 1. The number of amides is 1. The van der Waals surface area contributed by atoms with E-state index in [9.17, 15) is 23.3 Å². The van der Waals surface area contributed by atoms with Crippen molar-refractivity contribution in [2.75, 3.05) is 56.2 Å². The van der Waals surface area contributed by atoms with Gasteiger partial charge in [-0.2, -0.15) is 0 Å². The number of aromatic amines is 1. The molecule has 1 saturated carbocycles. The molecule has 2 aromatic heterocycles. The number of sulfonamides is 1. The molecule has 0 unspecified atom stereocenters. The van der Waals surface area contributed by atoms with E-state index in [1.165, 1.54) is 42.9 Å². The molecule has 11 rings (SSSR count). The molecule has 5 aromatic rings. The number of ether oxygens (including phenoxy) is 3. The predicted molar refractivity (Wildman–Crippen MR) is 240 cm³/mol. The van der Waals surface area contributed by atoms with Crippen LogP contribution in [0.2, 0.25) is 0 Å². The topological polar surface area (TPSA) is 184 Å². The van der Waals surface area contributed by atoms with Gasteiger partial charge in [0.15, 0.2) is 11.4 Å². The van der Waals surface area contributed by atoms with Gasteiger partial charge in [0.2, 0.25) is 0 Å². The number of carbonyl (C=O) groups is 1. The molecular weight excluding hydrogens is 837 g/mol. The molecule has 6 aliphatic rings. The molecule has 17 heteroatoms. The Kier molecular flexibility index (Phi) is 10.3. The Labute approximate surface area is 371 Å². The molecule has 1 amide bonds. The summed E-state index contributed by atoms with van der Waals surface area (Å²) >= 11 is 0. The van der Waals surface area contributed by atoms with E-state index in [0.717, 1.165) is 62.6 Å². The van der Waals surface area contributed by atoms with Crippen LogP contribution >= 0.6 is 0 Å². The van der Waals surface area contributed by atoms with E-state index >= 15 is 0 Å². The Balaban J connectivity index is 0.803. The van der Waals surface area contributed by atoms with Crippen molar-refractivity contribution in [3.8, 4) is 17.2 Å². The maximum Gasteiger partial charge on any atom is 0.297 e. The Morgan fingerprint density at radius 1 is 1.05 bits per heavy atom. The molecule has 16 nitrogen and oxygen atoms in total. The Hall–Kier alpha value is -5.75. The number of likely N-dealkylation sites (tertiary alicyclic amines) is 2. The molecule has 0 radical (unpaired) electrons. The first kappa shape index (κ1) is 41.0. The number of fused-ring (bicyclic) bond motifs is 4. The van der Waals surface area contributed by atoms with Crippen LogP contribution in [0.25, 0.3) is 11.0 Å². The van der Waals surface area contributed by atoms with Gasteiger partial charge in [0.05, 0.1) is 40.3 Å². The molecule has 4 saturated heterocycles. The standard InChI is InChI=1S/C47H52N8O8S/c1-29-5-2-3-6-38(29)40-7-4-14-54(40)34-22-47(23-34)11-15-52(16-12-47)32-8-9-39(42(19-32)63-35-17-30-10-13-48-45(30)49-24-35)46(56)51-64(59,60)37-20-41(55(57)58)44-43(21-37)62-27-31(50-44)25-53-26-36-18-33(53)28-61-36/h2-3,5-6,8-10,13,17,19-21,24,31,33-34,36,40,50H,4,7,11-12,14-16,18,22-23,25-28H2,1H3,(H,48,49)(H,51,56)/t31-,33-,36-,40+/m1/s1. The Morgan fingerprint density at radius 3 is 2.67 bits per heavy atom. The zero-order valence-electron chi connectivity index (χ0n) is 35.7. The second kappa shape index (κ2) is 16.0. The zero-order valence-corrected chi connectivity index (χ0v) is 36.5. The molecule has 1 aliphatic carbocycles. The second-order valence-electron chi connectivity index (χ2n) is 18.6. The van der Waals surface area contributed by atoms with Gasteiger partial charge in [0.25, 0.3) is 21.6 Å². The van der Waals surface area contributed by atoms with Gasteiger partial charge in [-0.25, -0.2) is 18.1 Å². The van der Waals surface area contributed by atoms with E-state index in [0.29, 0.717) is 48.1 Å². The van der Waals surface area contributed by atoms with Crippen molar-refractivity contribution in [2.45, 2.75) is 87.0 Å². The summed E-state index contributed by atoms with van der Waals surface area (Å²) in [5, 5.41) is 16.4. The van der Waals surface area contributed by atoms with Crippen LogP contribution in [0.15, 0.2) is 84.0 Å². The molecule has 4 atom stereocenters. The first-order valence-electron chi connectivity index (χ1n) is 22.4. The predicted octanol–water partition coefficient (Wildman–Crippen LogP) is 6.92. The largest absolute Gasteiger partial charge is 0.489 e. The third-order valence-corrected chi connectivity index (χ3v) is 16.0. The van der Waals surface area contributed by atoms with Crippen LogP contribution in [0, 0.1) is 22.5 Å². The molecule has 2 bridgehead atoms. The van der Waals surface area contributed by atoms with Gasteiger partial charge in [-0.1, -0.05) is 24.3 Å². The van der Waals surface area contributed by atoms with E-state index in [-0.39, 0.29) is 41.5 Å². The quantitative estimate of drug-likeness (QED) is 0.0918.